The molecule has 0 aliphatic carbocycles. The van der Waals surface area contributed by atoms with Gasteiger partial charge in [-0.3, -0.25) is 5.26 Å². The summed E-state index contributed by atoms with van der Waals surface area (Å²) in [5, 5.41) is 8.03. The summed E-state index contributed by atoms with van der Waals surface area (Å²) in [6.45, 7) is 6.17. The van der Waals surface area contributed by atoms with Crippen molar-refractivity contribution in [3.8, 4) is 0 Å². The fourth-order valence-electron chi connectivity index (χ4n) is 0.788. The van der Waals surface area contributed by atoms with E-state index in [1.54, 1.807) is 0 Å². The Kier molecular flexibility index (Phi) is 6.55. The van der Waals surface area contributed by atoms with Gasteiger partial charge in [-0.1, -0.05) is 26.3 Å². The molecule has 60 valence electrons. The van der Waals surface area contributed by atoms with Crippen LogP contribution in [0.1, 0.15) is 32.6 Å². The molecule has 0 aliphatic heterocycles. The predicted octanol–water partition coefficient (Wildman–Crippen LogP) is 2.61. The number of unbranched alkanes of at least 4 members (excludes halogenated alkanes) is 2. The number of hydrogen-bond donors (Lipinski definition) is 1. The molecule has 1 N–H and O–H groups in total. The van der Waals surface area contributed by atoms with E-state index < -0.39 is 0 Å². The molecule has 2 nitrogen and oxygen atoms in total. The second kappa shape index (κ2) is 6.78. The highest BCUT2D eigenvalue weighted by molar-refractivity contribution is 4.93. The molecular formula is C8H16O2. The van der Waals surface area contributed by atoms with Gasteiger partial charge >= 0.3 is 0 Å². The van der Waals surface area contributed by atoms with Crippen molar-refractivity contribution >= 4 is 0 Å². The maximum Gasteiger partial charge on any atom is 0.103 e. The van der Waals surface area contributed by atoms with E-state index in [1.807, 2.05) is 0 Å². The van der Waals surface area contributed by atoms with Crippen molar-refractivity contribution in [2.24, 2.45) is 0 Å². The van der Waals surface area contributed by atoms with Crippen LogP contribution in [0.5, 0.6) is 0 Å². The van der Waals surface area contributed by atoms with Crippen LogP contribution < -0.4 is 0 Å². The summed E-state index contributed by atoms with van der Waals surface area (Å²) in [6, 6.07) is 0. The second-order valence-electron chi connectivity index (χ2n) is 2.48. The SMILES string of the molecule is C=C(CCCCC)COO. The van der Waals surface area contributed by atoms with E-state index in [1.165, 1.54) is 12.8 Å². The molecule has 0 aliphatic rings. The lowest BCUT2D eigenvalue weighted by Gasteiger charge is -2.00. The Morgan fingerprint density at radius 2 is 2.20 bits per heavy atom. The number of rotatable bonds is 6. The van der Waals surface area contributed by atoms with Crippen LogP contribution in [0.3, 0.4) is 0 Å². The molecule has 0 unspecified atom stereocenters. The molecule has 0 amide bonds. The minimum atomic E-state index is 0.281. The van der Waals surface area contributed by atoms with Crippen molar-refractivity contribution in [3.63, 3.8) is 0 Å². The quantitative estimate of drug-likeness (QED) is 0.269. The molecule has 0 heterocycles. The molecule has 0 spiro atoms. The Morgan fingerprint density at radius 3 is 2.70 bits per heavy atom. The summed E-state index contributed by atoms with van der Waals surface area (Å²) in [5.41, 5.74) is 0.968. The molecule has 0 saturated heterocycles. The van der Waals surface area contributed by atoms with E-state index in [0.29, 0.717) is 0 Å². The molecule has 0 rings (SSSR count). The zero-order chi connectivity index (χ0) is 7.82. The lowest BCUT2D eigenvalue weighted by molar-refractivity contribution is -0.234. The van der Waals surface area contributed by atoms with Crippen LogP contribution in [0.4, 0.5) is 0 Å². The monoisotopic (exact) mass is 144 g/mol. The fourth-order valence-corrected chi connectivity index (χ4v) is 0.788. The Labute approximate surface area is 62.4 Å². The first-order valence-electron chi connectivity index (χ1n) is 3.74. The van der Waals surface area contributed by atoms with E-state index in [9.17, 15) is 0 Å². The third-order valence-corrected chi connectivity index (χ3v) is 1.40. The van der Waals surface area contributed by atoms with E-state index in [-0.39, 0.29) is 6.61 Å². The summed E-state index contributed by atoms with van der Waals surface area (Å²) in [6.07, 6.45) is 4.56. The van der Waals surface area contributed by atoms with Gasteiger partial charge in [-0.05, 0) is 18.4 Å². The largest absolute Gasteiger partial charge is 0.251 e. The molecule has 0 bridgehead atoms. The van der Waals surface area contributed by atoms with Crippen LogP contribution in [-0.4, -0.2) is 11.9 Å². The van der Waals surface area contributed by atoms with E-state index in [0.717, 1.165) is 18.4 Å². The highest BCUT2D eigenvalue weighted by Crippen LogP contribution is 2.06. The van der Waals surface area contributed by atoms with Crippen molar-refractivity contribution < 1.29 is 10.1 Å². The second-order valence-corrected chi connectivity index (χ2v) is 2.48. The van der Waals surface area contributed by atoms with Crippen LogP contribution in [-0.2, 0) is 4.89 Å². The van der Waals surface area contributed by atoms with Crippen molar-refractivity contribution in [3.05, 3.63) is 12.2 Å². The molecule has 2 heteroatoms. The highest BCUT2D eigenvalue weighted by atomic mass is 17.1. The van der Waals surface area contributed by atoms with Gasteiger partial charge in [0.05, 0.1) is 0 Å². The van der Waals surface area contributed by atoms with Crippen LogP contribution >= 0.6 is 0 Å². The van der Waals surface area contributed by atoms with Gasteiger partial charge in [0.15, 0.2) is 0 Å². The van der Waals surface area contributed by atoms with Gasteiger partial charge in [-0.15, -0.1) is 0 Å². The molecule has 0 aromatic carbocycles. The van der Waals surface area contributed by atoms with Gasteiger partial charge in [-0.2, -0.15) is 0 Å². The van der Waals surface area contributed by atoms with Crippen LogP contribution in [0.25, 0.3) is 0 Å². The maximum atomic E-state index is 8.03. The highest BCUT2D eigenvalue weighted by Gasteiger charge is 1.92. The van der Waals surface area contributed by atoms with Gasteiger partial charge in [0.2, 0.25) is 0 Å². The first-order chi connectivity index (χ1) is 4.81. The Bertz CT molecular complexity index is 89.3. The summed E-state index contributed by atoms with van der Waals surface area (Å²) < 4.78 is 0. The summed E-state index contributed by atoms with van der Waals surface area (Å²) >= 11 is 0. The average molecular weight is 144 g/mol. The van der Waals surface area contributed by atoms with Crippen LogP contribution in [0.2, 0.25) is 0 Å². The molecule has 0 aromatic heterocycles. The minimum absolute atomic E-state index is 0.281. The topological polar surface area (TPSA) is 29.5 Å². The first kappa shape index (κ1) is 9.66. The number of hydrogen-bond acceptors (Lipinski definition) is 2. The van der Waals surface area contributed by atoms with Crippen molar-refractivity contribution in [1.29, 1.82) is 0 Å². The van der Waals surface area contributed by atoms with Crippen LogP contribution in [0.15, 0.2) is 12.2 Å². The van der Waals surface area contributed by atoms with E-state index >= 15 is 0 Å². The zero-order valence-electron chi connectivity index (χ0n) is 6.60. The lowest BCUT2D eigenvalue weighted by Crippen LogP contribution is -1.92. The van der Waals surface area contributed by atoms with Crippen molar-refractivity contribution in [2.45, 2.75) is 32.6 Å². The lowest BCUT2D eigenvalue weighted by atomic mass is 10.1. The molecule has 0 radical (unpaired) electrons. The normalized spacial score (nSPS) is 9.80. The van der Waals surface area contributed by atoms with Gasteiger partial charge in [0, 0.05) is 0 Å². The summed E-state index contributed by atoms with van der Waals surface area (Å²) in [5.74, 6) is 0. The first-order valence-corrected chi connectivity index (χ1v) is 3.74. The maximum absolute atomic E-state index is 8.03. The summed E-state index contributed by atoms with van der Waals surface area (Å²) in [4.78, 5) is 3.93. The average Bonchev–Trinajstić information content (AvgIpc) is 1.89. The molecular weight excluding hydrogens is 128 g/mol. The third kappa shape index (κ3) is 5.79. The Hall–Kier alpha value is -0.340. The Morgan fingerprint density at radius 1 is 1.50 bits per heavy atom. The third-order valence-electron chi connectivity index (χ3n) is 1.40. The molecule has 0 saturated carbocycles. The van der Waals surface area contributed by atoms with Crippen LogP contribution in [0, 0.1) is 0 Å². The molecule has 0 fully saturated rings. The predicted molar refractivity (Wildman–Crippen MR) is 41.9 cm³/mol. The van der Waals surface area contributed by atoms with E-state index in [2.05, 4.69) is 18.4 Å². The van der Waals surface area contributed by atoms with Gasteiger partial charge in [-0.25, -0.2) is 4.89 Å². The fraction of sp³-hybridized carbons (Fsp3) is 0.750. The Balaban J connectivity index is 3.05. The van der Waals surface area contributed by atoms with Gasteiger partial charge in [0.1, 0.15) is 6.61 Å². The molecule has 0 aromatic rings. The molecule has 10 heavy (non-hydrogen) atoms. The smallest absolute Gasteiger partial charge is 0.103 e. The minimum Gasteiger partial charge on any atom is -0.251 e. The van der Waals surface area contributed by atoms with Gasteiger partial charge in [0.25, 0.3) is 0 Å². The van der Waals surface area contributed by atoms with Crippen molar-refractivity contribution in [2.75, 3.05) is 6.61 Å². The summed E-state index contributed by atoms with van der Waals surface area (Å²) in [7, 11) is 0. The van der Waals surface area contributed by atoms with Crippen molar-refractivity contribution in [1.82, 2.24) is 0 Å². The zero-order valence-corrected chi connectivity index (χ0v) is 6.60. The van der Waals surface area contributed by atoms with Gasteiger partial charge < -0.3 is 0 Å². The molecule has 0 atom stereocenters. The van der Waals surface area contributed by atoms with E-state index in [4.69, 9.17) is 5.26 Å². The standard InChI is InChI=1S/C8H16O2/c1-3-4-5-6-8(2)7-10-9/h9H,2-7H2,1H3.